The number of rotatable bonds is 10. The highest BCUT2D eigenvalue weighted by molar-refractivity contribution is 7.99. The Labute approximate surface area is 177 Å². The van der Waals surface area contributed by atoms with Crippen LogP contribution in [0.15, 0.2) is 63.2 Å². The average molecular weight is 458 g/mol. The lowest BCUT2D eigenvalue weighted by Gasteiger charge is -2.23. The van der Waals surface area contributed by atoms with E-state index in [2.05, 4.69) is 10.2 Å². The highest BCUT2D eigenvalue weighted by Crippen LogP contribution is 2.27. The molecule has 0 saturated carbocycles. The molecular formula is C19H27N3O4S3. The fraction of sp³-hybridized carbons (Fsp3) is 0.368. The van der Waals surface area contributed by atoms with E-state index in [1.165, 1.54) is 12.1 Å². The van der Waals surface area contributed by atoms with E-state index in [0.29, 0.717) is 5.69 Å². The zero-order chi connectivity index (χ0) is 21.7. The van der Waals surface area contributed by atoms with E-state index in [1.807, 2.05) is 44.4 Å². The number of sulfone groups is 1. The number of nitrogens with zero attached hydrogens (tertiary/aromatic N) is 1. The van der Waals surface area contributed by atoms with Crippen molar-refractivity contribution in [2.45, 2.75) is 27.1 Å². The van der Waals surface area contributed by atoms with Gasteiger partial charge in [-0.2, -0.15) is 0 Å². The van der Waals surface area contributed by atoms with Crippen LogP contribution in [-0.4, -0.2) is 60.4 Å². The summed E-state index contributed by atoms with van der Waals surface area (Å²) in [4.78, 5) is 2.87. The van der Waals surface area contributed by atoms with E-state index in [0.717, 1.165) is 35.9 Å². The number of nitrogens with two attached hydrogens (primary N) is 1. The van der Waals surface area contributed by atoms with Gasteiger partial charge in [-0.15, -0.1) is 11.8 Å². The third-order valence-electron chi connectivity index (χ3n) is 4.16. The summed E-state index contributed by atoms with van der Waals surface area (Å²) in [6.45, 7) is 0.816. The Morgan fingerprint density at radius 1 is 1.07 bits per heavy atom. The van der Waals surface area contributed by atoms with Gasteiger partial charge in [0.15, 0.2) is 9.84 Å². The lowest BCUT2D eigenvalue weighted by atomic mass is 10.2. The number of hydrogen-bond donors (Lipinski definition) is 2. The van der Waals surface area contributed by atoms with Gasteiger partial charge in [-0.3, -0.25) is 0 Å². The van der Waals surface area contributed by atoms with E-state index in [4.69, 9.17) is 5.14 Å². The molecule has 0 aromatic heterocycles. The number of thioether (sulfide) groups is 1. The molecule has 0 saturated heterocycles. The number of hydrogen-bond acceptors (Lipinski definition) is 7. The fourth-order valence-electron chi connectivity index (χ4n) is 2.65. The highest BCUT2D eigenvalue weighted by Gasteiger charge is 2.20. The summed E-state index contributed by atoms with van der Waals surface area (Å²) in [5, 5.41) is 8.46. The molecule has 0 aliphatic rings. The first-order valence-corrected chi connectivity index (χ1v) is 13.3. The van der Waals surface area contributed by atoms with Gasteiger partial charge in [0, 0.05) is 22.9 Å². The monoisotopic (exact) mass is 457 g/mol. The average Bonchev–Trinajstić information content (AvgIpc) is 2.63. The third kappa shape index (κ3) is 7.63. The smallest absolute Gasteiger partial charge is 0.238 e. The second-order valence-electron chi connectivity index (χ2n) is 7.03. The molecule has 0 aliphatic carbocycles. The second kappa shape index (κ2) is 9.94. The number of nitrogens with one attached hydrogen (secondary N) is 1. The van der Waals surface area contributed by atoms with Gasteiger partial charge >= 0.3 is 0 Å². The van der Waals surface area contributed by atoms with Gasteiger partial charge in [0.1, 0.15) is 0 Å². The molecule has 10 heteroatoms. The molecule has 29 heavy (non-hydrogen) atoms. The number of anilines is 1. The summed E-state index contributed by atoms with van der Waals surface area (Å²) in [6, 6.07) is 13.8. The molecule has 0 unspecified atom stereocenters. The van der Waals surface area contributed by atoms with E-state index in [9.17, 15) is 16.8 Å². The van der Waals surface area contributed by atoms with Crippen molar-refractivity contribution in [3.63, 3.8) is 0 Å². The third-order valence-corrected chi connectivity index (χ3v) is 7.38. The minimum absolute atomic E-state index is 0.0246. The van der Waals surface area contributed by atoms with Crippen LogP contribution in [0.4, 0.5) is 5.69 Å². The molecule has 0 aliphatic heterocycles. The van der Waals surface area contributed by atoms with Crippen LogP contribution >= 0.6 is 11.8 Å². The Hall–Kier alpha value is -1.59. The molecule has 0 radical (unpaired) electrons. The maximum Gasteiger partial charge on any atom is 0.238 e. The predicted octanol–water partition coefficient (Wildman–Crippen LogP) is 2.26. The number of sulfonamides is 1. The number of primary sulfonamides is 1. The summed E-state index contributed by atoms with van der Waals surface area (Å²) in [5.74, 6) is 0.720. The van der Waals surface area contributed by atoms with Crippen molar-refractivity contribution in [3.05, 3.63) is 48.5 Å². The summed E-state index contributed by atoms with van der Waals surface area (Å²) in [6.07, 6.45) is 1.83. The summed E-state index contributed by atoms with van der Waals surface area (Å²) >= 11 is 1.67. The van der Waals surface area contributed by atoms with E-state index >= 15 is 0 Å². The standard InChI is InChI=1S/C19H27N3O4S3/c1-22(2)12-11-15(14-27-16-7-5-4-6-8-16)21-18-10-9-17(29(20,25)26)13-19(18)28(3,23)24/h4-10,13,15,21H,11-12,14H2,1-3H3,(H2,20,25,26)/t15-/m1/s1. The Balaban J connectivity index is 2.30. The molecule has 0 amide bonds. The topological polar surface area (TPSA) is 110 Å². The zero-order valence-corrected chi connectivity index (χ0v) is 19.1. The molecule has 0 fully saturated rings. The van der Waals surface area contributed by atoms with Crippen molar-refractivity contribution < 1.29 is 16.8 Å². The van der Waals surface area contributed by atoms with Gasteiger partial charge in [0.25, 0.3) is 0 Å². The molecule has 1 atom stereocenters. The molecule has 7 nitrogen and oxygen atoms in total. The fourth-order valence-corrected chi connectivity index (χ4v) is 5.13. The molecular weight excluding hydrogens is 430 g/mol. The van der Waals surface area contributed by atoms with Crippen molar-refractivity contribution in [1.29, 1.82) is 0 Å². The van der Waals surface area contributed by atoms with Crippen LogP contribution < -0.4 is 10.5 Å². The van der Waals surface area contributed by atoms with E-state index < -0.39 is 19.9 Å². The first-order valence-electron chi connectivity index (χ1n) is 8.93. The largest absolute Gasteiger partial charge is 0.380 e. The van der Waals surface area contributed by atoms with Crippen LogP contribution in [0.1, 0.15) is 6.42 Å². The minimum Gasteiger partial charge on any atom is -0.380 e. The zero-order valence-electron chi connectivity index (χ0n) is 16.7. The summed E-state index contributed by atoms with van der Waals surface area (Å²) < 4.78 is 47.8. The van der Waals surface area contributed by atoms with Gasteiger partial charge < -0.3 is 10.2 Å². The van der Waals surface area contributed by atoms with Crippen molar-refractivity contribution in [1.82, 2.24) is 4.90 Å². The van der Waals surface area contributed by atoms with Gasteiger partial charge in [-0.05, 0) is 57.4 Å². The molecule has 160 valence electrons. The SMILES string of the molecule is CN(C)CC[C@H](CSc1ccccc1)Nc1ccc(S(N)(=O)=O)cc1S(C)(=O)=O. The van der Waals surface area contributed by atoms with Crippen LogP contribution in [0.25, 0.3) is 0 Å². The number of benzene rings is 2. The quantitative estimate of drug-likeness (QED) is 0.527. The predicted molar refractivity (Wildman–Crippen MR) is 119 cm³/mol. The molecule has 0 heterocycles. The van der Waals surface area contributed by atoms with Gasteiger partial charge in [0.05, 0.1) is 15.5 Å². The van der Waals surface area contributed by atoms with Gasteiger partial charge in [-0.25, -0.2) is 22.0 Å². The van der Waals surface area contributed by atoms with E-state index in [1.54, 1.807) is 11.8 Å². The van der Waals surface area contributed by atoms with Crippen molar-refractivity contribution in [2.75, 3.05) is 38.0 Å². The lowest BCUT2D eigenvalue weighted by molar-refractivity contribution is 0.391. The Morgan fingerprint density at radius 2 is 1.72 bits per heavy atom. The van der Waals surface area contributed by atoms with Crippen molar-refractivity contribution >= 4 is 37.3 Å². The molecule has 0 bridgehead atoms. The molecule has 3 N–H and O–H groups in total. The maximum atomic E-state index is 12.3. The van der Waals surface area contributed by atoms with Crippen LogP contribution in [0.5, 0.6) is 0 Å². The second-order valence-corrected chi connectivity index (χ2v) is 11.7. The van der Waals surface area contributed by atoms with Crippen LogP contribution in [0, 0.1) is 0 Å². The van der Waals surface area contributed by atoms with Crippen LogP contribution in [0.2, 0.25) is 0 Å². The van der Waals surface area contributed by atoms with Gasteiger partial charge in [0.2, 0.25) is 10.0 Å². The van der Waals surface area contributed by atoms with Crippen molar-refractivity contribution in [2.24, 2.45) is 5.14 Å². The highest BCUT2D eigenvalue weighted by atomic mass is 32.2. The summed E-state index contributed by atoms with van der Waals surface area (Å²) in [5.41, 5.74) is 0.373. The first kappa shape index (κ1) is 23.7. The normalized spacial score (nSPS) is 13.4. The molecule has 2 rings (SSSR count). The molecule has 2 aromatic carbocycles. The first-order chi connectivity index (χ1) is 13.5. The Morgan fingerprint density at radius 3 is 2.28 bits per heavy atom. The van der Waals surface area contributed by atoms with Gasteiger partial charge in [-0.1, -0.05) is 18.2 Å². The Kier molecular flexibility index (Phi) is 8.12. The van der Waals surface area contributed by atoms with Crippen LogP contribution in [0.3, 0.4) is 0 Å². The summed E-state index contributed by atoms with van der Waals surface area (Å²) in [7, 11) is -3.71. The Bertz CT molecular complexity index is 1020. The maximum absolute atomic E-state index is 12.3. The van der Waals surface area contributed by atoms with Crippen molar-refractivity contribution in [3.8, 4) is 0 Å². The molecule has 0 spiro atoms. The van der Waals surface area contributed by atoms with Crippen LogP contribution in [-0.2, 0) is 19.9 Å². The minimum atomic E-state index is -4.00. The molecule has 2 aromatic rings. The van der Waals surface area contributed by atoms with E-state index in [-0.39, 0.29) is 15.8 Å². The lowest BCUT2D eigenvalue weighted by Crippen LogP contribution is -2.28.